The second kappa shape index (κ2) is 11.6. The van der Waals surface area contributed by atoms with Crippen LogP contribution in [0.3, 0.4) is 0 Å². The Bertz CT molecular complexity index is 2200. The molecule has 8 aromatic rings. The summed E-state index contributed by atoms with van der Waals surface area (Å²) in [7, 11) is 0. The molecule has 212 valence electrons. The number of para-hydroxylation sites is 2. The maximum atomic E-state index is 2.39. The average Bonchev–Trinajstić information content (AvgIpc) is 3.13. The van der Waals surface area contributed by atoms with Crippen molar-refractivity contribution in [2.75, 3.05) is 4.90 Å². The van der Waals surface area contributed by atoms with Gasteiger partial charge in [0.05, 0.1) is 0 Å². The molecular weight excluding hydrogens is 542 g/mol. The minimum Gasteiger partial charge on any atom is -0.310 e. The summed E-state index contributed by atoms with van der Waals surface area (Å²) in [6.07, 6.45) is 0. The van der Waals surface area contributed by atoms with E-state index >= 15 is 0 Å². The lowest BCUT2D eigenvalue weighted by Crippen LogP contribution is -2.09. The van der Waals surface area contributed by atoms with Gasteiger partial charge in [-0.3, -0.25) is 0 Å². The third kappa shape index (κ3) is 4.95. The van der Waals surface area contributed by atoms with Crippen molar-refractivity contribution in [2.45, 2.75) is 0 Å². The Kier molecular flexibility index (Phi) is 6.90. The summed E-state index contributed by atoms with van der Waals surface area (Å²) < 4.78 is 0. The Balaban J connectivity index is 1.38. The van der Waals surface area contributed by atoms with E-state index in [9.17, 15) is 0 Å². The van der Waals surface area contributed by atoms with Crippen LogP contribution >= 0.6 is 0 Å². The molecule has 1 nitrogen and oxygen atoms in total. The number of fused-ring (bicyclic) bond motifs is 3. The van der Waals surface area contributed by atoms with Crippen LogP contribution in [0.4, 0.5) is 17.1 Å². The molecule has 0 N–H and O–H groups in total. The summed E-state index contributed by atoms with van der Waals surface area (Å²) in [4.78, 5) is 2.32. The van der Waals surface area contributed by atoms with E-state index in [-0.39, 0.29) is 0 Å². The highest BCUT2D eigenvalue weighted by atomic mass is 15.1. The second-order valence-electron chi connectivity index (χ2n) is 11.3. The third-order valence-corrected chi connectivity index (χ3v) is 8.62. The van der Waals surface area contributed by atoms with Crippen LogP contribution in [0, 0.1) is 0 Å². The molecule has 1 heteroatoms. The zero-order chi connectivity index (χ0) is 30.0. The predicted molar refractivity (Wildman–Crippen MR) is 192 cm³/mol. The van der Waals surface area contributed by atoms with Gasteiger partial charge < -0.3 is 4.90 Å². The summed E-state index contributed by atoms with van der Waals surface area (Å²) in [6, 6.07) is 67.6. The van der Waals surface area contributed by atoms with E-state index < -0.39 is 0 Å². The van der Waals surface area contributed by atoms with Crippen molar-refractivity contribution in [2.24, 2.45) is 0 Å². The fourth-order valence-corrected chi connectivity index (χ4v) is 6.61. The van der Waals surface area contributed by atoms with Gasteiger partial charge in [-0.15, -0.1) is 0 Å². The summed E-state index contributed by atoms with van der Waals surface area (Å²) in [6.45, 7) is 0. The van der Waals surface area contributed by atoms with Crippen LogP contribution in [0.5, 0.6) is 0 Å². The maximum absolute atomic E-state index is 2.39. The average molecular weight is 574 g/mol. The van der Waals surface area contributed by atoms with E-state index in [0.717, 1.165) is 17.1 Å². The van der Waals surface area contributed by atoms with Gasteiger partial charge in [0.2, 0.25) is 0 Å². The van der Waals surface area contributed by atoms with E-state index in [1.165, 1.54) is 54.9 Å². The largest absolute Gasteiger partial charge is 0.310 e. The van der Waals surface area contributed by atoms with Crippen molar-refractivity contribution in [3.8, 4) is 33.4 Å². The van der Waals surface area contributed by atoms with Crippen LogP contribution < -0.4 is 4.90 Å². The van der Waals surface area contributed by atoms with E-state index in [1.807, 2.05) is 0 Å². The van der Waals surface area contributed by atoms with Crippen LogP contribution in [-0.4, -0.2) is 0 Å². The highest BCUT2D eigenvalue weighted by molar-refractivity contribution is 6.22. The molecule has 0 atom stereocenters. The molecule has 0 spiro atoms. The molecule has 0 saturated heterocycles. The van der Waals surface area contributed by atoms with E-state index in [2.05, 4.69) is 193 Å². The molecule has 0 unspecified atom stereocenters. The van der Waals surface area contributed by atoms with Gasteiger partial charge in [0.15, 0.2) is 0 Å². The molecular formula is C44H31N. The van der Waals surface area contributed by atoms with Crippen LogP contribution in [0.15, 0.2) is 188 Å². The van der Waals surface area contributed by atoms with Gasteiger partial charge in [0.1, 0.15) is 0 Å². The zero-order valence-electron chi connectivity index (χ0n) is 24.8. The zero-order valence-corrected chi connectivity index (χ0v) is 24.8. The monoisotopic (exact) mass is 573 g/mol. The standard InChI is InChI=1S/C44H31N/c1-5-16-32(17-6-1)43-41-27-14-13-26-39(41)40-29-28-35(31-42(40)44(43)33-18-7-2-8-19-33)34-20-15-25-38(30-34)45(36-21-9-3-10-22-36)37-23-11-4-12-24-37/h1-31H. The van der Waals surface area contributed by atoms with Gasteiger partial charge in [0, 0.05) is 17.1 Å². The van der Waals surface area contributed by atoms with Crippen LogP contribution in [0.25, 0.3) is 54.9 Å². The molecule has 0 heterocycles. The van der Waals surface area contributed by atoms with Crippen molar-refractivity contribution in [1.82, 2.24) is 0 Å². The molecule has 0 aliphatic rings. The molecule has 0 amide bonds. The number of benzene rings is 8. The first-order valence-electron chi connectivity index (χ1n) is 15.5. The number of anilines is 3. The predicted octanol–water partition coefficient (Wildman–Crippen LogP) is 12.5. The normalized spacial score (nSPS) is 11.1. The van der Waals surface area contributed by atoms with E-state index in [0.29, 0.717) is 0 Å². The lowest BCUT2D eigenvalue weighted by Gasteiger charge is -2.26. The number of nitrogens with zero attached hydrogens (tertiary/aromatic N) is 1. The van der Waals surface area contributed by atoms with Crippen molar-refractivity contribution in [1.29, 1.82) is 0 Å². The molecule has 0 aliphatic carbocycles. The Hall–Kier alpha value is -5.92. The molecule has 0 radical (unpaired) electrons. The Morgan fingerprint density at radius 1 is 0.244 bits per heavy atom. The number of hydrogen-bond donors (Lipinski definition) is 0. The highest BCUT2D eigenvalue weighted by Crippen LogP contribution is 2.46. The fourth-order valence-electron chi connectivity index (χ4n) is 6.61. The van der Waals surface area contributed by atoms with E-state index in [4.69, 9.17) is 0 Å². The summed E-state index contributed by atoms with van der Waals surface area (Å²) in [5.74, 6) is 0. The minimum absolute atomic E-state index is 1.12. The second-order valence-corrected chi connectivity index (χ2v) is 11.3. The van der Waals surface area contributed by atoms with Gasteiger partial charge in [-0.25, -0.2) is 0 Å². The first-order chi connectivity index (χ1) is 22.3. The number of hydrogen-bond acceptors (Lipinski definition) is 1. The Labute approximate surface area is 264 Å². The van der Waals surface area contributed by atoms with Gasteiger partial charge in [-0.2, -0.15) is 0 Å². The quantitative estimate of drug-likeness (QED) is 0.179. The molecule has 0 aliphatic heterocycles. The number of rotatable bonds is 6. The molecule has 8 aromatic carbocycles. The Morgan fingerprint density at radius 3 is 1.27 bits per heavy atom. The van der Waals surface area contributed by atoms with E-state index in [1.54, 1.807) is 0 Å². The maximum Gasteiger partial charge on any atom is 0.0467 e. The van der Waals surface area contributed by atoms with Gasteiger partial charge in [0.25, 0.3) is 0 Å². The molecule has 0 fully saturated rings. The van der Waals surface area contributed by atoms with Gasteiger partial charge in [-0.05, 0) is 97.4 Å². The molecule has 45 heavy (non-hydrogen) atoms. The van der Waals surface area contributed by atoms with Crippen LogP contribution in [-0.2, 0) is 0 Å². The fraction of sp³-hybridized carbons (Fsp3) is 0. The highest BCUT2D eigenvalue weighted by Gasteiger charge is 2.19. The summed E-state index contributed by atoms with van der Waals surface area (Å²) in [5, 5.41) is 5.06. The topological polar surface area (TPSA) is 3.24 Å². The molecule has 0 saturated carbocycles. The summed E-state index contributed by atoms with van der Waals surface area (Å²) in [5.41, 5.74) is 10.7. The first kappa shape index (κ1) is 26.7. The third-order valence-electron chi connectivity index (χ3n) is 8.62. The SMILES string of the molecule is c1ccc(-c2c(-c3ccccc3)c3cc(-c4cccc(N(c5ccccc5)c5ccccc5)c4)ccc3c3ccccc23)cc1. The first-order valence-corrected chi connectivity index (χ1v) is 15.5. The van der Waals surface area contributed by atoms with Crippen molar-refractivity contribution in [3.05, 3.63) is 188 Å². The Morgan fingerprint density at radius 2 is 0.667 bits per heavy atom. The lowest BCUT2D eigenvalue weighted by molar-refractivity contribution is 1.28. The van der Waals surface area contributed by atoms with Crippen LogP contribution in [0.2, 0.25) is 0 Å². The molecule has 8 rings (SSSR count). The lowest BCUT2D eigenvalue weighted by atomic mass is 9.84. The van der Waals surface area contributed by atoms with Crippen molar-refractivity contribution < 1.29 is 0 Å². The summed E-state index contributed by atoms with van der Waals surface area (Å²) >= 11 is 0. The van der Waals surface area contributed by atoms with Crippen molar-refractivity contribution >= 4 is 38.6 Å². The molecule has 0 aromatic heterocycles. The van der Waals surface area contributed by atoms with Crippen molar-refractivity contribution in [3.63, 3.8) is 0 Å². The molecule has 0 bridgehead atoms. The van der Waals surface area contributed by atoms with Gasteiger partial charge >= 0.3 is 0 Å². The van der Waals surface area contributed by atoms with Gasteiger partial charge in [-0.1, -0.05) is 146 Å². The smallest absolute Gasteiger partial charge is 0.0467 e. The minimum atomic E-state index is 1.12. The van der Waals surface area contributed by atoms with Crippen LogP contribution in [0.1, 0.15) is 0 Å².